The van der Waals surface area contributed by atoms with Crippen molar-refractivity contribution in [3.05, 3.63) is 39.9 Å². The molecule has 0 fully saturated rings. The van der Waals surface area contributed by atoms with Crippen LogP contribution in [0.4, 0.5) is 5.69 Å². The van der Waals surface area contributed by atoms with Crippen LogP contribution in [0.5, 0.6) is 0 Å². The van der Waals surface area contributed by atoms with Crippen molar-refractivity contribution in [2.24, 2.45) is 0 Å². The van der Waals surface area contributed by atoms with Gasteiger partial charge in [-0.2, -0.15) is 0 Å². The van der Waals surface area contributed by atoms with Crippen molar-refractivity contribution >= 4 is 18.1 Å². The van der Waals surface area contributed by atoms with Crippen molar-refractivity contribution in [3.63, 3.8) is 0 Å². The number of nitro benzene ring substituents is 1. The quantitative estimate of drug-likeness (QED) is 0.629. The van der Waals surface area contributed by atoms with E-state index in [9.17, 15) is 10.1 Å². The number of nitro groups is 1. The molecule has 0 amide bonds. The van der Waals surface area contributed by atoms with Crippen LogP contribution in [0.25, 0.3) is 0 Å². The summed E-state index contributed by atoms with van der Waals surface area (Å²) >= 11 is 0. The first-order valence-electron chi connectivity index (χ1n) is 5.09. The Labute approximate surface area is 107 Å². The Hall–Kier alpha value is -1.17. The van der Waals surface area contributed by atoms with E-state index in [0.717, 1.165) is 5.56 Å². The van der Waals surface area contributed by atoms with Gasteiger partial charge >= 0.3 is 0 Å². The lowest BCUT2D eigenvalue weighted by atomic mass is 10.2. The number of hydrogen-bond acceptors (Lipinski definition) is 4. The predicted molar refractivity (Wildman–Crippen MR) is 68.5 cm³/mol. The molecule has 0 bridgehead atoms. The van der Waals surface area contributed by atoms with Crippen LogP contribution in [0.1, 0.15) is 12.5 Å². The van der Waals surface area contributed by atoms with Gasteiger partial charge in [0.1, 0.15) is 0 Å². The van der Waals surface area contributed by atoms with E-state index < -0.39 is 4.92 Å². The summed E-state index contributed by atoms with van der Waals surface area (Å²) in [7, 11) is 1.66. The average Bonchev–Trinajstić information content (AvgIpc) is 2.27. The third-order valence-electron chi connectivity index (χ3n) is 2.22. The monoisotopic (exact) mass is 260 g/mol. The van der Waals surface area contributed by atoms with Crippen molar-refractivity contribution < 1.29 is 9.66 Å². The summed E-state index contributed by atoms with van der Waals surface area (Å²) in [5.74, 6) is 0. The van der Waals surface area contributed by atoms with E-state index in [1.165, 1.54) is 12.1 Å². The lowest BCUT2D eigenvalue weighted by Gasteiger charge is -2.12. The largest absolute Gasteiger partial charge is 0.383 e. The summed E-state index contributed by atoms with van der Waals surface area (Å²) < 4.78 is 4.99. The van der Waals surface area contributed by atoms with Crippen molar-refractivity contribution in [2.75, 3.05) is 13.7 Å². The van der Waals surface area contributed by atoms with Gasteiger partial charge in [-0.25, -0.2) is 0 Å². The smallest absolute Gasteiger partial charge is 0.269 e. The van der Waals surface area contributed by atoms with Crippen molar-refractivity contribution in [1.82, 2.24) is 5.32 Å². The van der Waals surface area contributed by atoms with Gasteiger partial charge in [0.2, 0.25) is 0 Å². The summed E-state index contributed by atoms with van der Waals surface area (Å²) in [6.45, 7) is 3.35. The van der Waals surface area contributed by atoms with Gasteiger partial charge in [-0.1, -0.05) is 12.1 Å². The lowest BCUT2D eigenvalue weighted by molar-refractivity contribution is -0.384. The molecule has 0 radical (unpaired) electrons. The molecule has 0 saturated heterocycles. The molecular weight excluding hydrogens is 244 g/mol. The van der Waals surface area contributed by atoms with Gasteiger partial charge in [0, 0.05) is 31.8 Å². The van der Waals surface area contributed by atoms with Gasteiger partial charge in [-0.3, -0.25) is 10.1 Å². The summed E-state index contributed by atoms with van der Waals surface area (Å²) in [5, 5.41) is 13.7. The Morgan fingerprint density at radius 3 is 2.47 bits per heavy atom. The second kappa shape index (κ2) is 8.00. The normalized spacial score (nSPS) is 11.6. The molecule has 0 saturated carbocycles. The molecule has 17 heavy (non-hydrogen) atoms. The zero-order valence-electron chi connectivity index (χ0n) is 9.88. The molecule has 1 atom stereocenters. The molecule has 6 heteroatoms. The Morgan fingerprint density at radius 2 is 2.00 bits per heavy atom. The van der Waals surface area contributed by atoms with Crippen LogP contribution < -0.4 is 5.32 Å². The molecule has 0 aliphatic rings. The fraction of sp³-hybridized carbons (Fsp3) is 0.455. The van der Waals surface area contributed by atoms with Crippen molar-refractivity contribution in [1.29, 1.82) is 0 Å². The summed E-state index contributed by atoms with van der Waals surface area (Å²) in [6, 6.07) is 6.80. The minimum absolute atomic E-state index is 0. The van der Waals surface area contributed by atoms with Crippen LogP contribution in [-0.4, -0.2) is 24.7 Å². The zero-order valence-corrected chi connectivity index (χ0v) is 10.7. The number of halogens is 1. The van der Waals surface area contributed by atoms with Crippen LogP contribution in [-0.2, 0) is 11.3 Å². The standard InChI is InChI=1S/C11H16N2O3.ClH/c1-9(8-16-2)12-7-10-3-5-11(6-4-10)13(14)15;/h3-6,9,12H,7-8H2,1-2H3;1H. The number of benzene rings is 1. The first-order valence-corrected chi connectivity index (χ1v) is 5.09. The van der Waals surface area contributed by atoms with E-state index in [-0.39, 0.29) is 24.1 Å². The van der Waals surface area contributed by atoms with Crippen molar-refractivity contribution in [3.8, 4) is 0 Å². The van der Waals surface area contributed by atoms with Gasteiger partial charge in [0.15, 0.2) is 0 Å². The molecule has 1 N–H and O–H groups in total. The van der Waals surface area contributed by atoms with E-state index in [1.54, 1.807) is 19.2 Å². The molecule has 0 aliphatic heterocycles. The molecule has 1 unspecified atom stereocenters. The van der Waals surface area contributed by atoms with E-state index in [1.807, 2.05) is 6.92 Å². The number of rotatable bonds is 6. The zero-order chi connectivity index (χ0) is 12.0. The first-order chi connectivity index (χ1) is 7.63. The molecule has 1 rings (SSSR count). The molecular formula is C11H17ClN2O3. The van der Waals surface area contributed by atoms with Gasteiger partial charge in [-0.05, 0) is 12.5 Å². The minimum Gasteiger partial charge on any atom is -0.383 e. The van der Waals surface area contributed by atoms with Crippen LogP contribution in [0, 0.1) is 10.1 Å². The van der Waals surface area contributed by atoms with E-state index in [4.69, 9.17) is 4.74 Å². The highest BCUT2D eigenvalue weighted by molar-refractivity contribution is 5.85. The van der Waals surface area contributed by atoms with Gasteiger partial charge < -0.3 is 10.1 Å². The Morgan fingerprint density at radius 1 is 1.41 bits per heavy atom. The van der Waals surface area contributed by atoms with Gasteiger partial charge in [0.25, 0.3) is 5.69 Å². The number of methoxy groups -OCH3 is 1. The highest BCUT2D eigenvalue weighted by atomic mass is 35.5. The van der Waals surface area contributed by atoms with Crippen molar-refractivity contribution in [2.45, 2.75) is 19.5 Å². The van der Waals surface area contributed by atoms with Crippen LogP contribution in [0.15, 0.2) is 24.3 Å². The Kier molecular flexibility index (Phi) is 7.45. The molecule has 0 heterocycles. The van der Waals surface area contributed by atoms with Gasteiger partial charge in [0.05, 0.1) is 11.5 Å². The van der Waals surface area contributed by atoms with E-state index >= 15 is 0 Å². The lowest BCUT2D eigenvalue weighted by Crippen LogP contribution is -2.29. The number of non-ortho nitro benzene ring substituents is 1. The predicted octanol–water partition coefficient (Wildman–Crippen LogP) is 2.14. The molecule has 5 nitrogen and oxygen atoms in total. The maximum Gasteiger partial charge on any atom is 0.269 e. The first kappa shape index (κ1) is 15.8. The third kappa shape index (κ3) is 5.63. The van der Waals surface area contributed by atoms with Crippen LogP contribution in [0.2, 0.25) is 0 Å². The number of ether oxygens (including phenoxy) is 1. The number of nitrogens with zero attached hydrogens (tertiary/aromatic N) is 1. The highest BCUT2D eigenvalue weighted by Gasteiger charge is 2.04. The third-order valence-corrected chi connectivity index (χ3v) is 2.22. The maximum atomic E-state index is 10.4. The Balaban J connectivity index is 0.00000256. The summed E-state index contributed by atoms with van der Waals surface area (Å²) in [4.78, 5) is 10.0. The SMILES string of the molecule is COCC(C)NCc1ccc([N+](=O)[O-])cc1.Cl. The average molecular weight is 261 g/mol. The number of hydrogen-bond donors (Lipinski definition) is 1. The molecule has 1 aromatic carbocycles. The molecule has 0 aliphatic carbocycles. The Bertz CT molecular complexity index is 343. The van der Waals surface area contributed by atoms with Crippen LogP contribution >= 0.6 is 12.4 Å². The second-order valence-electron chi connectivity index (χ2n) is 3.66. The van der Waals surface area contributed by atoms with E-state index in [2.05, 4.69) is 5.32 Å². The minimum atomic E-state index is -0.398. The summed E-state index contributed by atoms with van der Waals surface area (Å²) in [5.41, 5.74) is 1.14. The fourth-order valence-corrected chi connectivity index (χ4v) is 1.34. The fourth-order valence-electron chi connectivity index (χ4n) is 1.34. The van der Waals surface area contributed by atoms with Gasteiger partial charge in [-0.15, -0.1) is 12.4 Å². The maximum absolute atomic E-state index is 10.4. The molecule has 96 valence electrons. The number of nitrogens with one attached hydrogen (secondary N) is 1. The molecule has 0 aromatic heterocycles. The highest BCUT2D eigenvalue weighted by Crippen LogP contribution is 2.11. The topological polar surface area (TPSA) is 64.4 Å². The van der Waals surface area contributed by atoms with Crippen LogP contribution in [0.3, 0.4) is 0 Å². The molecule has 1 aromatic rings. The summed E-state index contributed by atoms with van der Waals surface area (Å²) in [6.07, 6.45) is 0. The van der Waals surface area contributed by atoms with E-state index in [0.29, 0.717) is 13.2 Å². The second-order valence-corrected chi connectivity index (χ2v) is 3.66. The molecule has 0 spiro atoms.